The van der Waals surface area contributed by atoms with Gasteiger partial charge < -0.3 is 19.3 Å². The molecule has 5 nitrogen and oxygen atoms in total. The molecule has 0 spiro atoms. The van der Waals surface area contributed by atoms with Gasteiger partial charge in [-0.2, -0.15) is 0 Å². The maximum absolute atomic E-state index is 13.4. The molecule has 0 bridgehead atoms. The van der Waals surface area contributed by atoms with Crippen molar-refractivity contribution in [1.29, 1.82) is 0 Å². The van der Waals surface area contributed by atoms with E-state index >= 15 is 0 Å². The fraction of sp³-hybridized carbons (Fsp3) is 0.458. The van der Waals surface area contributed by atoms with Crippen LogP contribution in [0.25, 0.3) is 0 Å². The van der Waals surface area contributed by atoms with Crippen molar-refractivity contribution in [3.8, 4) is 5.75 Å². The summed E-state index contributed by atoms with van der Waals surface area (Å²) in [4.78, 5) is 17.0. The summed E-state index contributed by atoms with van der Waals surface area (Å²) in [7, 11) is 2.07. The minimum absolute atomic E-state index is 0.0478. The first-order valence-electron chi connectivity index (χ1n) is 10.6. The zero-order valence-electron chi connectivity index (χ0n) is 18.3. The number of likely N-dealkylation sites (tertiary alicyclic amines) is 1. The standard InChI is InChI=1S/C24H30ClFN2O3/c1-17(2)31-22-8-4-18(5-9-22)16-30-24(29)28(21-10-12-27(3)13-11-21)15-19-6-7-20(26)14-23(19)25/h4-9,14,17,21H,10-13,15-16H2,1-3H3. The van der Waals surface area contributed by atoms with Crippen molar-refractivity contribution in [2.24, 2.45) is 0 Å². The smallest absolute Gasteiger partial charge is 0.410 e. The van der Waals surface area contributed by atoms with Crippen LogP contribution in [0.3, 0.4) is 0 Å². The normalized spacial score (nSPS) is 15.2. The lowest BCUT2D eigenvalue weighted by Gasteiger charge is -2.36. The summed E-state index contributed by atoms with van der Waals surface area (Å²) in [5, 5.41) is 0.312. The van der Waals surface area contributed by atoms with Crippen LogP contribution in [0, 0.1) is 5.82 Å². The highest BCUT2D eigenvalue weighted by Gasteiger charge is 2.28. The van der Waals surface area contributed by atoms with Crippen molar-refractivity contribution in [2.75, 3.05) is 20.1 Å². The summed E-state index contributed by atoms with van der Waals surface area (Å²) in [6.07, 6.45) is 1.42. The van der Waals surface area contributed by atoms with Gasteiger partial charge in [-0.15, -0.1) is 0 Å². The van der Waals surface area contributed by atoms with Gasteiger partial charge in [0, 0.05) is 11.1 Å². The third-order valence-corrected chi connectivity index (χ3v) is 5.73. The van der Waals surface area contributed by atoms with E-state index in [2.05, 4.69) is 11.9 Å². The Balaban J connectivity index is 1.68. The highest BCUT2D eigenvalue weighted by molar-refractivity contribution is 6.31. The Bertz CT molecular complexity index is 868. The van der Waals surface area contributed by atoms with E-state index in [0.29, 0.717) is 10.6 Å². The molecule has 1 aliphatic rings. The molecule has 1 heterocycles. The SMILES string of the molecule is CC(C)Oc1ccc(COC(=O)N(Cc2ccc(F)cc2Cl)C2CCN(C)CC2)cc1. The number of amides is 1. The molecule has 0 aliphatic carbocycles. The number of rotatable bonds is 7. The molecule has 2 aromatic rings. The van der Waals surface area contributed by atoms with Crippen molar-refractivity contribution in [3.05, 3.63) is 64.4 Å². The van der Waals surface area contributed by atoms with Gasteiger partial charge >= 0.3 is 6.09 Å². The van der Waals surface area contributed by atoms with E-state index in [-0.39, 0.29) is 25.3 Å². The summed E-state index contributed by atoms with van der Waals surface area (Å²) in [6, 6.07) is 11.8. The van der Waals surface area contributed by atoms with Crippen LogP contribution in [-0.4, -0.2) is 48.2 Å². The number of hydrogen-bond acceptors (Lipinski definition) is 4. The molecule has 0 saturated carbocycles. The third-order valence-electron chi connectivity index (χ3n) is 5.38. The number of carbonyl (C=O) groups excluding carboxylic acids is 1. The van der Waals surface area contributed by atoms with Crippen molar-refractivity contribution in [1.82, 2.24) is 9.80 Å². The highest BCUT2D eigenvalue weighted by atomic mass is 35.5. The molecule has 0 N–H and O–H groups in total. The minimum atomic E-state index is -0.396. The first-order valence-corrected chi connectivity index (χ1v) is 11.0. The lowest BCUT2D eigenvalue weighted by molar-refractivity contribution is 0.0604. The highest BCUT2D eigenvalue weighted by Crippen LogP contribution is 2.24. The molecule has 3 rings (SSSR count). The molecule has 2 aromatic carbocycles. The van der Waals surface area contributed by atoms with Crippen LogP contribution in [-0.2, 0) is 17.9 Å². The zero-order valence-corrected chi connectivity index (χ0v) is 19.1. The predicted octanol–water partition coefficient (Wildman–Crippen LogP) is 5.50. The van der Waals surface area contributed by atoms with E-state index in [1.165, 1.54) is 12.1 Å². The van der Waals surface area contributed by atoms with E-state index in [1.54, 1.807) is 11.0 Å². The molecule has 1 aliphatic heterocycles. The van der Waals surface area contributed by atoms with Crippen LogP contribution in [0.1, 0.15) is 37.8 Å². The van der Waals surface area contributed by atoms with Gasteiger partial charge in [0.1, 0.15) is 18.2 Å². The van der Waals surface area contributed by atoms with Crippen LogP contribution in [0.5, 0.6) is 5.75 Å². The van der Waals surface area contributed by atoms with Gasteiger partial charge in [0.15, 0.2) is 0 Å². The fourth-order valence-corrected chi connectivity index (χ4v) is 3.87. The van der Waals surface area contributed by atoms with Crippen molar-refractivity contribution < 1.29 is 18.7 Å². The van der Waals surface area contributed by atoms with E-state index in [1.807, 2.05) is 38.1 Å². The number of nitrogens with zero attached hydrogens (tertiary/aromatic N) is 2. The molecule has 0 unspecified atom stereocenters. The first kappa shape index (κ1) is 23.4. The second-order valence-corrected chi connectivity index (χ2v) is 8.67. The molecule has 0 aromatic heterocycles. The van der Waals surface area contributed by atoms with E-state index in [9.17, 15) is 9.18 Å². The van der Waals surface area contributed by atoms with Gasteiger partial charge in [0.2, 0.25) is 0 Å². The van der Waals surface area contributed by atoms with Crippen LogP contribution < -0.4 is 4.74 Å². The number of hydrogen-bond donors (Lipinski definition) is 0. The minimum Gasteiger partial charge on any atom is -0.491 e. The van der Waals surface area contributed by atoms with Gasteiger partial charge in [-0.05, 0) is 82.2 Å². The van der Waals surface area contributed by atoms with Crippen molar-refractivity contribution in [3.63, 3.8) is 0 Å². The largest absolute Gasteiger partial charge is 0.491 e. The van der Waals surface area contributed by atoms with E-state index in [4.69, 9.17) is 21.1 Å². The van der Waals surface area contributed by atoms with E-state index < -0.39 is 11.9 Å². The molecule has 1 saturated heterocycles. The Morgan fingerprint density at radius 2 is 1.87 bits per heavy atom. The molecule has 0 atom stereocenters. The summed E-state index contributed by atoms with van der Waals surface area (Å²) in [5.41, 5.74) is 1.58. The predicted molar refractivity (Wildman–Crippen MR) is 120 cm³/mol. The second-order valence-electron chi connectivity index (χ2n) is 8.26. The lowest BCUT2D eigenvalue weighted by atomic mass is 10.0. The van der Waals surface area contributed by atoms with Gasteiger partial charge in [0.05, 0.1) is 12.6 Å². The van der Waals surface area contributed by atoms with Crippen LogP contribution in [0.4, 0.5) is 9.18 Å². The molecule has 1 fully saturated rings. The molecule has 7 heteroatoms. The Labute approximate surface area is 188 Å². The first-order chi connectivity index (χ1) is 14.8. The number of ether oxygens (including phenoxy) is 2. The molecule has 31 heavy (non-hydrogen) atoms. The molecule has 0 radical (unpaired) electrons. The van der Waals surface area contributed by atoms with Crippen LogP contribution in [0.15, 0.2) is 42.5 Å². The maximum Gasteiger partial charge on any atom is 0.410 e. The summed E-state index contributed by atoms with van der Waals surface area (Å²) in [6.45, 7) is 6.21. The average molecular weight is 449 g/mol. The Morgan fingerprint density at radius 1 is 1.19 bits per heavy atom. The quantitative estimate of drug-likeness (QED) is 0.561. The van der Waals surface area contributed by atoms with Crippen molar-refractivity contribution >= 4 is 17.7 Å². The van der Waals surface area contributed by atoms with Gasteiger partial charge in [-0.3, -0.25) is 0 Å². The van der Waals surface area contributed by atoms with E-state index in [0.717, 1.165) is 37.2 Å². The van der Waals surface area contributed by atoms with Crippen LogP contribution in [0.2, 0.25) is 5.02 Å². The maximum atomic E-state index is 13.4. The molecule has 168 valence electrons. The van der Waals surface area contributed by atoms with Gasteiger partial charge in [-0.25, -0.2) is 9.18 Å². The monoisotopic (exact) mass is 448 g/mol. The number of piperidine rings is 1. The summed E-state index contributed by atoms with van der Waals surface area (Å²) < 4.78 is 24.7. The number of halogens is 2. The topological polar surface area (TPSA) is 42.0 Å². The Morgan fingerprint density at radius 3 is 2.48 bits per heavy atom. The van der Waals surface area contributed by atoms with Gasteiger partial charge in [0.25, 0.3) is 0 Å². The van der Waals surface area contributed by atoms with Crippen molar-refractivity contribution in [2.45, 2.75) is 52.0 Å². The molecule has 1 amide bonds. The molecular formula is C24H30ClFN2O3. The second kappa shape index (κ2) is 10.8. The Kier molecular flexibility index (Phi) is 8.15. The summed E-state index contributed by atoms with van der Waals surface area (Å²) >= 11 is 6.23. The third kappa shape index (κ3) is 6.84. The fourth-order valence-electron chi connectivity index (χ4n) is 3.65. The summed E-state index contributed by atoms with van der Waals surface area (Å²) in [5.74, 6) is 0.385. The zero-order chi connectivity index (χ0) is 22.4. The van der Waals surface area contributed by atoms with Gasteiger partial charge in [-0.1, -0.05) is 29.8 Å². The number of carbonyl (C=O) groups is 1. The number of benzene rings is 2. The van der Waals surface area contributed by atoms with Crippen LogP contribution >= 0.6 is 11.6 Å². The lowest BCUT2D eigenvalue weighted by Crippen LogP contribution is -2.46. The average Bonchev–Trinajstić information content (AvgIpc) is 2.73. The molecular weight excluding hydrogens is 419 g/mol. The Hall–Kier alpha value is -2.31.